The van der Waals surface area contributed by atoms with Crippen LogP contribution in [0.1, 0.15) is 136 Å². The van der Waals surface area contributed by atoms with Gasteiger partial charge < -0.3 is 15.2 Å². The number of benzene rings is 1. The predicted molar refractivity (Wildman–Crippen MR) is 165 cm³/mol. The van der Waals surface area contributed by atoms with E-state index in [1.165, 1.54) is 89.5 Å². The third kappa shape index (κ3) is 13.2. The number of amides is 1. The van der Waals surface area contributed by atoms with Crippen LogP contribution in [-0.2, 0) is 17.7 Å². The quantitative estimate of drug-likeness (QED) is 0.159. The van der Waals surface area contributed by atoms with Gasteiger partial charge in [0.2, 0.25) is 0 Å². The topological polar surface area (TPSA) is 93.5 Å². The van der Waals surface area contributed by atoms with Crippen LogP contribution in [0.25, 0.3) is 10.9 Å². The lowest BCUT2D eigenvalue weighted by molar-refractivity contribution is 0.0526. The number of phenolic OH excluding ortho intramolecular Hbond substituents is 1. The molecule has 1 aromatic heterocycles. The summed E-state index contributed by atoms with van der Waals surface area (Å²) < 4.78 is 6.95. The van der Waals surface area contributed by atoms with Crippen molar-refractivity contribution in [2.75, 3.05) is 6.54 Å². The molecule has 2 aromatic rings. The van der Waals surface area contributed by atoms with E-state index in [9.17, 15) is 14.7 Å². The second-order valence-corrected chi connectivity index (χ2v) is 12.1. The number of aromatic nitrogens is 2. The fourth-order valence-electron chi connectivity index (χ4n) is 5.11. The highest BCUT2D eigenvalue weighted by atomic mass is 16.6. The molecule has 2 rings (SSSR count). The van der Waals surface area contributed by atoms with Gasteiger partial charge in [-0.3, -0.25) is 9.36 Å². The van der Waals surface area contributed by atoms with Crippen LogP contribution in [0.15, 0.2) is 23.0 Å². The Hall–Kier alpha value is -2.57. The molecule has 0 aliphatic carbocycles. The Balaban J connectivity index is 1.75. The Kier molecular flexibility index (Phi) is 15.7. The van der Waals surface area contributed by atoms with E-state index in [4.69, 9.17) is 9.72 Å². The smallest absolute Gasteiger partial charge is 0.407 e. The molecular weight excluding hydrogens is 502 g/mol. The third-order valence-electron chi connectivity index (χ3n) is 7.27. The van der Waals surface area contributed by atoms with Crippen molar-refractivity contribution in [1.29, 1.82) is 0 Å². The number of nitrogens with zero attached hydrogens (tertiary/aromatic N) is 2. The summed E-state index contributed by atoms with van der Waals surface area (Å²) in [5.74, 6) is 0.698. The van der Waals surface area contributed by atoms with Crippen LogP contribution in [0.3, 0.4) is 0 Å². The first-order valence-electron chi connectivity index (χ1n) is 15.9. The van der Waals surface area contributed by atoms with Gasteiger partial charge in [0.15, 0.2) is 0 Å². The van der Waals surface area contributed by atoms with Crippen molar-refractivity contribution in [3.63, 3.8) is 0 Å². The fraction of sp³-hybridized carbons (Fsp3) is 0.727. The zero-order valence-electron chi connectivity index (χ0n) is 25.7. The van der Waals surface area contributed by atoms with Gasteiger partial charge in [-0.25, -0.2) is 9.78 Å². The average molecular weight is 558 g/mol. The molecule has 7 heteroatoms. The number of alkyl carbamates (subject to hydrolysis) is 1. The van der Waals surface area contributed by atoms with Gasteiger partial charge in [-0.2, -0.15) is 0 Å². The van der Waals surface area contributed by atoms with Crippen molar-refractivity contribution < 1.29 is 14.6 Å². The van der Waals surface area contributed by atoms with E-state index >= 15 is 0 Å². The van der Waals surface area contributed by atoms with Crippen LogP contribution in [0.4, 0.5) is 4.79 Å². The summed E-state index contributed by atoms with van der Waals surface area (Å²) in [7, 11) is 0. The van der Waals surface area contributed by atoms with Crippen molar-refractivity contribution in [2.45, 2.75) is 149 Å². The zero-order chi connectivity index (χ0) is 29.2. The number of unbranched alkanes of at least 4 members (excludes halogenated alkanes) is 14. The lowest BCUT2D eigenvalue weighted by atomic mass is 10.0. The standard InChI is InChI=1S/C33H55N3O4/c1-5-6-7-8-9-10-11-12-13-14-15-16-17-18-19-24-29-35-27-22-20-23-28(37)30(27)31(38)36(29)26-21-25-34-32(39)40-33(2,3)4/h20,22-23,37H,5-19,21,24-26H2,1-4H3,(H,34,39). The first-order valence-corrected chi connectivity index (χ1v) is 15.9. The molecule has 0 radical (unpaired) electrons. The number of carbonyl (C=O) groups is 1. The summed E-state index contributed by atoms with van der Waals surface area (Å²) >= 11 is 0. The van der Waals surface area contributed by atoms with E-state index in [2.05, 4.69) is 12.2 Å². The number of carbonyl (C=O) groups excluding carboxylic acids is 1. The molecule has 226 valence electrons. The second kappa shape index (κ2) is 18.7. The van der Waals surface area contributed by atoms with Crippen LogP contribution in [0.2, 0.25) is 0 Å². The summed E-state index contributed by atoms with van der Waals surface area (Å²) in [5, 5.41) is 13.3. The highest BCUT2D eigenvalue weighted by Crippen LogP contribution is 2.21. The Bertz CT molecular complexity index is 1060. The van der Waals surface area contributed by atoms with Gasteiger partial charge >= 0.3 is 6.09 Å². The molecule has 0 bridgehead atoms. The fourth-order valence-corrected chi connectivity index (χ4v) is 5.11. The van der Waals surface area contributed by atoms with E-state index in [0.29, 0.717) is 25.0 Å². The highest BCUT2D eigenvalue weighted by molar-refractivity contribution is 5.83. The Morgan fingerprint density at radius 3 is 1.98 bits per heavy atom. The maximum Gasteiger partial charge on any atom is 0.407 e. The van der Waals surface area contributed by atoms with Crippen LogP contribution < -0.4 is 10.9 Å². The Labute approximate surface area is 242 Å². The van der Waals surface area contributed by atoms with E-state index in [0.717, 1.165) is 25.1 Å². The van der Waals surface area contributed by atoms with Crippen molar-refractivity contribution in [3.05, 3.63) is 34.4 Å². The molecule has 40 heavy (non-hydrogen) atoms. The number of aromatic hydroxyl groups is 1. The van der Waals surface area contributed by atoms with E-state index < -0.39 is 11.7 Å². The summed E-state index contributed by atoms with van der Waals surface area (Å²) in [4.78, 5) is 30.0. The Morgan fingerprint density at radius 2 is 1.43 bits per heavy atom. The van der Waals surface area contributed by atoms with Crippen LogP contribution in [-0.4, -0.2) is 32.9 Å². The number of ether oxygens (including phenoxy) is 1. The average Bonchev–Trinajstić information content (AvgIpc) is 2.89. The van der Waals surface area contributed by atoms with Crippen molar-refractivity contribution in [3.8, 4) is 5.75 Å². The summed E-state index contributed by atoms with van der Waals surface area (Å²) in [6.07, 6.45) is 20.5. The first-order chi connectivity index (χ1) is 19.2. The molecular formula is C33H55N3O4. The maximum absolute atomic E-state index is 13.3. The van der Waals surface area contributed by atoms with Crippen molar-refractivity contribution in [1.82, 2.24) is 14.9 Å². The molecule has 0 spiro atoms. The lowest BCUT2D eigenvalue weighted by Gasteiger charge is -2.20. The third-order valence-corrected chi connectivity index (χ3v) is 7.27. The van der Waals surface area contributed by atoms with Crippen LogP contribution in [0.5, 0.6) is 5.75 Å². The molecule has 1 aromatic carbocycles. The molecule has 0 atom stereocenters. The number of hydrogen-bond acceptors (Lipinski definition) is 5. The monoisotopic (exact) mass is 557 g/mol. The second-order valence-electron chi connectivity index (χ2n) is 12.1. The van der Waals surface area contributed by atoms with Crippen molar-refractivity contribution >= 4 is 17.0 Å². The number of phenols is 1. The summed E-state index contributed by atoms with van der Waals surface area (Å²) in [6, 6.07) is 5.02. The van der Waals surface area contributed by atoms with Crippen molar-refractivity contribution in [2.24, 2.45) is 0 Å². The number of hydrogen-bond donors (Lipinski definition) is 2. The minimum atomic E-state index is -0.554. The van der Waals surface area contributed by atoms with Gasteiger partial charge in [0.25, 0.3) is 5.56 Å². The number of nitrogens with one attached hydrogen (secondary N) is 1. The maximum atomic E-state index is 13.3. The first kappa shape index (κ1) is 33.6. The molecule has 0 saturated heterocycles. The molecule has 0 aliphatic heterocycles. The molecule has 0 unspecified atom stereocenters. The van der Waals surface area contributed by atoms with Gasteiger partial charge in [0.1, 0.15) is 22.6 Å². The van der Waals surface area contributed by atoms with E-state index in [1.54, 1.807) is 16.7 Å². The number of fused-ring (bicyclic) bond motifs is 1. The molecule has 0 aliphatic rings. The van der Waals surface area contributed by atoms with Gasteiger partial charge in [-0.15, -0.1) is 0 Å². The number of aryl methyl sites for hydroxylation is 1. The minimum absolute atomic E-state index is 0.0471. The highest BCUT2D eigenvalue weighted by Gasteiger charge is 2.16. The summed E-state index contributed by atoms with van der Waals surface area (Å²) in [6.45, 7) is 8.54. The summed E-state index contributed by atoms with van der Waals surface area (Å²) in [5.41, 5.74) is -0.248. The Morgan fingerprint density at radius 1 is 0.875 bits per heavy atom. The SMILES string of the molecule is CCCCCCCCCCCCCCCCCc1nc2cccc(O)c2c(=O)n1CCCNC(=O)OC(C)(C)C. The number of rotatable bonds is 20. The minimum Gasteiger partial charge on any atom is -0.507 e. The molecule has 7 nitrogen and oxygen atoms in total. The van der Waals surface area contributed by atoms with Crippen LogP contribution >= 0.6 is 0 Å². The molecule has 1 heterocycles. The molecule has 1 amide bonds. The normalized spacial score (nSPS) is 11.7. The predicted octanol–water partition coefficient (Wildman–Crippen LogP) is 8.43. The van der Waals surface area contributed by atoms with Gasteiger partial charge in [-0.1, -0.05) is 103 Å². The lowest BCUT2D eigenvalue weighted by Crippen LogP contribution is -2.34. The molecule has 0 saturated carbocycles. The van der Waals surface area contributed by atoms with Gasteiger partial charge in [-0.05, 0) is 45.7 Å². The largest absolute Gasteiger partial charge is 0.507 e. The van der Waals surface area contributed by atoms with Crippen LogP contribution in [0, 0.1) is 0 Å². The van der Waals surface area contributed by atoms with E-state index in [1.807, 2.05) is 20.8 Å². The van der Waals surface area contributed by atoms with E-state index in [-0.39, 0.29) is 16.7 Å². The van der Waals surface area contributed by atoms with Gasteiger partial charge in [0.05, 0.1) is 5.52 Å². The zero-order valence-corrected chi connectivity index (χ0v) is 25.7. The molecule has 0 fully saturated rings. The van der Waals surface area contributed by atoms with Gasteiger partial charge in [0, 0.05) is 19.5 Å². The molecule has 2 N–H and O–H groups in total.